The van der Waals surface area contributed by atoms with E-state index in [1.807, 2.05) is 0 Å². The Kier molecular flexibility index (Phi) is 6.38. The molecule has 9 nitrogen and oxygen atoms in total. The molecule has 2 aromatic rings. The summed E-state index contributed by atoms with van der Waals surface area (Å²) in [5.41, 5.74) is 6.29. The third-order valence-corrected chi connectivity index (χ3v) is 3.89. The van der Waals surface area contributed by atoms with E-state index in [0.717, 1.165) is 0 Å². The number of hydrogen-bond acceptors (Lipinski definition) is 8. The molecule has 0 aliphatic heterocycles. The molecule has 2 heterocycles. The minimum absolute atomic E-state index is 0.00131. The molecule has 0 saturated heterocycles. The number of nitrogens with two attached hydrogens (primary N) is 1. The summed E-state index contributed by atoms with van der Waals surface area (Å²) in [5, 5.41) is 0.314. The van der Waals surface area contributed by atoms with Gasteiger partial charge < -0.3 is 19.8 Å². The monoisotopic (exact) mass is 389 g/mol. The van der Waals surface area contributed by atoms with Crippen LogP contribution in [0.25, 0.3) is 11.2 Å². The van der Waals surface area contributed by atoms with Gasteiger partial charge in [0.25, 0.3) is 0 Å². The Labute approximate surface area is 153 Å². The third-order valence-electron chi connectivity index (χ3n) is 3.34. The molecular weight excluding hydrogens is 373 g/mol. The SMILES string of the molecule is CC(=O)OCC(CCn1c(Cl)nc2nc(N)nc(Cl)c21)COC(C)=O. The van der Waals surface area contributed by atoms with Gasteiger partial charge in [-0.25, -0.2) is 0 Å². The van der Waals surface area contributed by atoms with Crippen molar-refractivity contribution in [2.24, 2.45) is 5.92 Å². The molecule has 0 aliphatic rings. The normalized spacial score (nSPS) is 11.1. The first kappa shape index (κ1) is 19.2. The van der Waals surface area contributed by atoms with E-state index in [0.29, 0.717) is 24.1 Å². The Morgan fingerprint density at radius 2 is 1.72 bits per heavy atom. The van der Waals surface area contributed by atoms with Crippen molar-refractivity contribution in [3.8, 4) is 0 Å². The largest absolute Gasteiger partial charge is 0.465 e. The van der Waals surface area contributed by atoms with Crippen LogP contribution in [-0.2, 0) is 25.6 Å². The number of halogens is 2. The number of carbonyl (C=O) groups excluding carboxylic acids is 2. The maximum absolute atomic E-state index is 11.0. The maximum atomic E-state index is 11.0. The predicted octanol–water partition coefficient (Wildman–Crippen LogP) is 1.85. The van der Waals surface area contributed by atoms with Crippen molar-refractivity contribution >= 4 is 52.3 Å². The lowest BCUT2D eigenvalue weighted by molar-refractivity contribution is -0.146. The van der Waals surface area contributed by atoms with Crippen LogP contribution in [-0.4, -0.2) is 44.7 Å². The minimum Gasteiger partial charge on any atom is -0.465 e. The first-order valence-corrected chi connectivity index (χ1v) is 8.15. The van der Waals surface area contributed by atoms with Crippen molar-refractivity contribution in [2.45, 2.75) is 26.8 Å². The molecule has 0 aliphatic carbocycles. The van der Waals surface area contributed by atoms with E-state index in [1.165, 1.54) is 13.8 Å². The van der Waals surface area contributed by atoms with E-state index < -0.39 is 11.9 Å². The molecule has 2 rings (SSSR count). The number of aromatic nitrogens is 4. The van der Waals surface area contributed by atoms with Crippen LogP contribution in [0, 0.1) is 5.92 Å². The smallest absolute Gasteiger partial charge is 0.302 e. The van der Waals surface area contributed by atoms with Crippen molar-refractivity contribution in [3.63, 3.8) is 0 Å². The van der Waals surface area contributed by atoms with Gasteiger partial charge in [0, 0.05) is 26.3 Å². The van der Waals surface area contributed by atoms with Crippen LogP contribution in [0.5, 0.6) is 0 Å². The summed E-state index contributed by atoms with van der Waals surface area (Å²) in [4.78, 5) is 34.0. The maximum Gasteiger partial charge on any atom is 0.302 e. The number of nitrogen functional groups attached to an aromatic ring is 1. The van der Waals surface area contributed by atoms with Crippen molar-refractivity contribution in [3.05, 3.63) is 10.4 Å². The average Bonchev–Trinajstić information content (AvgIpc) is 2.81. The van der Waals surface area contributed by atoms with Gasteiger partial charge in [0.05, 0.1) is 13.2 Å². The van der Waals surface area contributed by atoms with E-state index >= 15 is 0 Å². The zero-order valence-corrected chi connectivity index (χ0v) is 15.2. The molecule has 0 amide bonds. The number of hydrogen-bond donors (Lipinski definition) is 1. The molecule has 0 aromatic carbocycles. The number of ether oxygens (including phenoxy) is 2. The second-order valence-electron chi connectivity index (χ2n) is 5.34. The standard InChI is InChI=1S/C14H17Cl2N5O4/c1-7(22)24-5-9(6-25-8(2)23)3-4-21-10-11(15)18-14(17)20-12(10)19-13(21)16/h9H,3-6H2,1-2H3,(H2,17,18,20). The lowest BCUT2D eigenvalue weighted by Crippen LogP contribution is -2.21. The Hall–Kier alpha value is -2.13. The number of rotatable bonds is 7. The molecule has 0 atom stereocenters. The highest BCUT2D eigenvalue weighted by Crippen LogP contribution is 2.26. The first-order chi connectivity index (χ1) is 11.8. The van der Waals surface area contributed by atoms with E-state index in [2.05, 4.69) is 15.0 Å². The van der Waals surface area contributed by atoms with Crippen LogP contribution < -0.4 is 5.73 Å². The topological polar surface area (TPSA) is 122 Å². The molecule has 0 saturated carbocycles. The van der Waals surface area contributed by atoms with E-state index in [1.54, 1.807) is 4.57 Å². The molecule has 0 fully saturated rings. The fourth-order valence-electron chi connectivity index (χ4n) is 2.18. The minimum atomic E-state index is -0.411. The van der Waals surface area contributed by atoms with Crippen LogP contribution in [0.4, 0.5) is 5.95 Å². The second kappa shape index (κ2) is 8.30. The lowest BCUT2D eigenvalue weighted by atomic mass is 10.1. The highest BCUT2D eigenvalue weighted by Gasteiger charge is 2.18. The number of anilines is 1. The summed E-state index contributed by atoms with van der Waals surface area (Å²) >= 11 is 12.3. The van der Waals surface area contributed by atoms with Gasteiger partial charge in [0.2, 0.25) is 11.2 Å². The number of carbonyl (C=O) groups is 2. The number of aryl methyl sites for hydroxylation is 1. The summed E-state index contributed by atoms with van der Waals surface area (Å²) in [5.74, 6) is -1.03. The van der Waals surface area contributed by atoms with Gasteiger partial charge in [0.1, 0.15) is 5.52 Å². The van der Waals surface area contributed by atoms with Gasteiger partial charge in [-0.1, -0.05) is 11.6 Å². The van der Waals surface area contributed by atoms with Crippen molar-refractivity contribution in [1.82, 2.24) is 19.5 Å². The summed E-state index contributed by atoms with van der Waals surface area (Å²) in [6, 6.07) is 0. The number of fused-ring (bicyclic) bond motifs is 1. The molecule has 0 bridgehead atoms. The zero-order chi connectivity index (χ0) is 18.6. The van der Waals surface area contributed by atoms with E-state index in [9.17, 15) is 9.59 Å². The molecule has 2 aromatic heterocycles. The Morgan fingerprint density at radius 1 is 1.12 bits per heavy atom. The molecule has 0 spiro atoms. The second-order valence-corrected chi connectivity index (χ2v) is 6.03. The van der Waals surface area contributed by atoms with E-state index in [-0.39, 0.29) is 35.5 Å². The van der Waals surface area contributed by atoms with E-state index in [4.69, 9.17) is 38.4 Å². The summed E-state index contributed by atoms with van der Waals surface area (Å²) in [7, 11) is 0. The highest BCUT2D eigenvalue weighted by atomic mass is 35.5. The zero-order valence-electron chi connectivity index (χ0n) is 13.7. The Morgan fingerprint density at radius 3 is 2.28 bits per heavy atom. The number of esters is 2. The summed E-state index contributed by atoms with van der Waals surface area (Å²) < 4.78 is 11.6. The van der Waals surface area contributed by atoms with Gasteiger partial charge >= 0.3 is 11.9 Å². The molecule has 136 valence electrons. The van der Waals surface area contributed by atoms with Gasteiger partial charge in [0.15, 0.2) is 10.8 Å². The summed E-state index contributed by atoms with van der Waals surface area (Å²) in [6.45, 7) is 3.24. The molecular formula is C14H17Cl2N5O4. The van der Waals surface area contributed by atoms with Crippen LogP contribution in [0.15, 0.2) is 0 Å². The van der Waals surface area contributed by atoms with Crippen LogP contribution >= 0.6 is 23.2 Å². The average molecular weight is 390 g/mol. The molecule has 2 N–H and O–H groups in total. The van der Waals surface area contributed by atoms with Crippen molar-refractivity contribution < 1.29 is 19.1 Å². The lowest BCUT2D eigenvalue weighted by Gasteiger charge is -2.17. The highest BCUT2D eigenvalue weighted by molar-refractivity contribution is 6.34. The Balaban J connectivity index is 2.15. The van der Waals surface area contributed by atoms with Crippen LogP contribution in [0.3, 0.4) is 0 Å². The fraction of sp³-hybridized carbons (Fsp3) is 0.500. The van der Waals surface area contributed by atoms with Crippen LogP contribution in [0.1, 0.15) is 20.3 Å². The van der Waals surface area contributed by atoms with Gasteiger partial charge in [-0.15, -0.1) is 0 Å². The number of nitrogens with zero attached hydrogens (tertiary/aromatic N) is 4. The molecule has 25 heavy (non-hydrogen) atoms. The van der Waals surface area contributed by atoms with Crippen LogP contribution in [0.2, 0.25) is 10.4 Å². The molecule has 11 heteroatoms. The van der Waals surface area contributed by atoms with Gasteiger partial charge in [-0.3, -0.25) is 9.59 Å². The number of imidazole rings is 1. The van der Waals surface area contributed by atoms with Crippen molar-refractivity contribution in [1.29, 1.82) is 0 Å². The van der Waals surface area contributed by atoms with Gasteiger partial charge in [-0.2, -0.15) is 15.0 Å². The molecule has 0 radical (unpaired) electrons. The van der Waals surface area contributed by atoms with Gasteiger partial charge in [-0.05, 0) is 18.0 Å². The quantitative estimate of drug-likeness (QED) is 0.432. The Bertz CT molecular complexity index is 777. The predicted molar refractivity (Wildman–Crippen MR) is 91.1 cm³/mol. The first-order valence-electron chi connectivity index (χ1n) is 7.39. The molecule has 0 unspecified atom stereocenters. The summed E-state index contributed by atoms with van der Waals surface area (Å²) in [6.07, 6.45) is 0.493. The third kappa shape index (κ3) is 5.17. The fourth-order valence-corrected chi connectivity index (χ4v) is 2.71. The van der Waals surface area contributed by atoms with Crippen molar-refractivity contribution in [2.75, 3.05) is 18.9 Å².